The van der Waals surface area contributed by atoms with E-state index >= 15 is 0 Å². The van der Waals surface area contributed by atoms with Crippen LogP contribution in [0.5, 0.6) is 0 Å². The van der Waals surface area contributed by atoms with Gasteiger partial charge in [0.05, 0.1) is 10.6 Å². The molecule has 9 nitrogen and oxygen atoms in total. The molecule has 3 N–H and O–H groups in total. The Kier molecular flexibility index (Phi) is 5.99. The minimum atomic E-state index is -3.65. The second-order valence-electron chi connectivity index (χ2n) is 7.92. The predicted molar refractivity (Wildman–Crippen MR) is 117 cm³/mol. The molecule has 0 saturated carbocycles. The molecule has 0 amide bonds. The van der Waals surface area contributed by atoms with Gasteiger partial charge >= 0.3 is 0 Å². The number of aryl methyl sites for hydroxylation is 2. The standard InChI is InChI=1S/C20H25N7O2S/c1-13-12-21-19(23-17-10-9-14(2)25-26-17)24-18(13)22-15-7-6-8-16(11-15)30(28,29)27-20(3,4)5/h6-12,27H,1-5H3,(H2,21,22,23,24,26). The number of hydrogen-bond acceptors (Lipinski definition) is 8. The molecular formula is C20H25N7O2S. The molecule has 0 bridgehead atoms. The monoisotopic (exact) mass is 427 g/mol. The van der Waals surface area contributed by atoms with Crippen LogP contribution in [0.1, 0.15) is 32.0 Å². The van der Waals surface area contributed by atoms with Crippen molar-refractivity contribution in [1.29, 1.82) is 0 Å². The largest absolute Gasteiger partial charge is 0.340 e. The Morgan fingerprint density at radius 2 is 1.73 bits per heavy atom. The molecular weight excluding hydrogens is 402 g/mol. The highest BCUT2D eigenvalue weighted by Crippen LogP contribution is 2.23. The lowest BCUT2D eigenvalue weighted by molar-refractivity contribution is 0.491. The number of hydrogen-bond donors (Lipinski definition) is 3. The molecule has 0 spiro atoms. The van der Waals surface area contributed by atoms with Crippen molar-refractivity contribution in [2.45, 2.75) is 45.1 Å². The molecule has 2 heterocycles. The molecule has 0 saturated heterocycles. The minimum absolute atomic E-state index is 0.169. The van der Waals surface area contributed by atoms with Gasteiger partial charge in [-0.05, 0) is 65.0 Å². The van der Waals surface area contributed by atoms with Crippen molar-refractivity contribution in [3.05, 3.63) is 53.9 Å². The van der Waals surface area contributed by atoms with Gasteiger partial charge in [0.15, 0.2) is 5.82 Å². The third-order valence-corrected chi connectivity index (χ3v) is 5.61. The molecule has 1 aromatic carbocycles. The number of rotatable bonds is 6. The van der Waals surface area contributed by atoms with Crippen molar-refractivity contribution in [2.75, 3.05) is 10.6 Å². The van der Waals surface area contributed by atoms with Crippen molar-refractivity contribution in [2.24, 2.45) is 0 Å². The lowest BCUT2D eigenvalue weighted by Gasteiger charge is -2.20. The number of aromatic nitrogens is 4. The molecule has 3 rings (SSSR count). The highest BCUT2D eigenvalue weighted by atomic mass is 32.2. The molecule has 0 atom stereocenters. The topological polar surface area (TPSA) is 122 Å². The Morgan fingerprint density at radius 1 is 0.967 bits per heavy atom. The van der Waals surface area contributed by atoms with E-state index in [4.69, 9.17) is 0 Å². The van der Waals surface area contributed by atoms with Crippen LogP contribution >= 0.6 is 0 Å². The van der Waals surface area contributed by atoms with E-state index in [1.807, 2.05) is 19.9 Å². The lowest BCUT2D eigenvalue weighted by atomic mass is 10.1. The summed E-state index contributed by atoms with van der Waals surface area (Å²) in [6, 6.07) is 10.2. The second kappa shape index (κ2) is 8.33. The van der Waals surface area contributed by atoms with Gasteiger partial charge in [-0.3, -0.25) is 0 Å². The van der Waals surface area contributed by atoms with Crippen LogP contribution < -0.4 is 15.4 Å². The molecule has 2 aromatic heterocycles. The van der Waals surface area contributed by atoms with E-state index in [1.54, 1.807) is 57.3 Å². The van der Waals surface area contributed by atoms with Crippen molar-refractivity contribution in [3.8, 4) is 0 Å². The van der Waals surface area contributed by atoms with Gasteiger partial charge in [0.1, 0.15) is 5.82 Å². The maximum atomic E-state index is 12.6. The predicted octanol–water partition coefficient (Wildman–Crippen LogP) is 3.45. The average Bonchev–Trinajstić information content (AvgIpc) is 2.65. The van der Waals surface area contributed by atoms with Crippen molar-refractivity contribution in [1.82, 2.24) is 24.9 Å². The van der Waals surface area contributed by atoms with E-state index in [-0.39, 0.29) is 4.90 Å². The summed E-state index contributed by atoms with van der Waals surface area (Å²) in [4.78, 5) is 8.90. The first kappa shape index (κ1) is 21.6. The number of nitrogens with one attached hydrogen (secondary N) is 3. The summed E-state index contributed by atoms with van der Waals surface area (Å²) in [7, 11) is -3.65. The molecule has 0 aliphatic carbocycles. The molecule has 0 radical (unpaired) electrons. The van der Waals surface area contributed by atoms with Crippen molar-refractivity contribution < 1.29 is 8.42 Å². The SMILES string of the molecule is Cc1ccc(Nc2ncc(C)c(Nc3cccc(S(=O)(=O)NC(C)(C)C)c3)n2)nn1. The van der Waals surface area contributed by atoms with Crippen LogP contribution in [0.25, 0.3) is 0 Å². The molecule has 0 aliphatic heterocycles. The minimum Gasteiger partial charge on any atom is -0.340 e. The Balaban J connectivity index is 1.83. The van der Waals surface area contributed by atoms with E-state index in [9.17, 15) is 8.42 Å². The second-order valence-corrected chi connectivity index (χ2v) is 9.60. The molecule has 10 heteroatoms. The Morgan fingerprint density at radius 3 is 2.40 bits per heavy atom. The van der Waals surface area contributed by atoms with Crippen LogP contribution in [0.2, 0.25) is 0 Å². The van der Waals surface area contributed by atoms with E-state index < -0.39 is 15.6 Å². The normalized spacial score (nSPS) is 11.9. The van der Waals surface area contributed by atoms with Crippen LogP contribution in [0.4, 0.5) is 23.3 Å². The van der Waals surface area contributed by atoms with E-state index in [0.29, 0.717) is 23.3 Å². The number of anilines is 4. The van der Waals surface area contributed by atoms with Crippen LogP contribution in [-0.4, -0.2) is 34.1 Å². The molecule has 0 fully saturated rings. The van der Waals surface area contributed by atoms with Crippen molar-refractivity contribution in [3.63, 3.8) is 0 Å². The number of nitrogens with zero attached hydrogens (tertiary/aromatic N) is 4. The maximum absolute atomic E-state index is 12.6. The van der Waals surface area contributed by atoms with E-state index in [2.05, 4.69) is 35.5 Å². The highest BCUT2D eigenvalue weighted by molar-refractivity contribution is 7.89. The third kappa shape index (κ3) is 5.71. The van der Waals surface area contributed by atoms with E-state index in [1.165, 1.54) is 0 Å². The van der Waals surface area contributed by atoms with Crippen LogP contribution in [0.3, 0.4) is 0 Å². The summed E-state index contributed by atoms with van der Waals surface area (Å²) in [6.45, 7) is 9.10. The van der Waals surface area contributed by atoms with Gasteiger partial charge < -0.3 is 10.6 Å². The zero-order valence-corrected chi connectivity index (χ0v) is 18.4. The van der Waals surface area contributed by atoms with Crippen LogP contribution in [-0.2, 0) is 10.0 Å². The van der Waals surface area contributed by atoms with Crippen LogP contribution in [0.15, 0.2) is 47.5 Å². The summed E-state index contributed by atoms with van der Waals surface area (Å²) in [5, 5.41) is 14.2. The summed E-state index contributed by atoms with van der Waals surface area (Å²) >= 11 is 0. The van der Waals surface area contributed by atoms with Gasteiger partial charge in [0.25, 0.3) is 0 Å². The fourth-order valence-electron chi connectivity index (χ4n) is 2.55. The molecule has 3 aromatic rings. The smallest absolute Gasteiger partial charge is 0.241 e. The fourth-order valence-corrected chi connectivity index (χ4v) is 4.01. The van der Waals surface area contributed by atoms with Crippen molar-refractivity contribution >= 4 is 33.3 Å². The molecule has 0 aliphatic rings. The van der Waals surface area contributed by atoms with Gasteiger partial charge in [-0.15, -0.1) is 5.10 Å². The average molecular weight is 428 g/mol. The number of sulfonamides is 1. The fraction of sp³-hybridized carbons (Fsp3) is 0.300. The van der Waals surface area contributed by atoms with Gasteiger partial charge in [-0.25, -0.2) is 18.1 Å². The zero-order chi connectivity index (χ0) is 21.9. The first-order valence-corrected chi connectivity index (χ1v) is 10.8. The Hall–Kier alpha value is -3.11. The number of benzene rings is 1. The summed E-state index contributed by atoms with van der Waals surface area (Å²) in [5.74, 6) is 1.42. The summed E-state index contributed by atoms with van der Waals surface area (Å²) < 4.78 is 27.9. The first-order chi connectivity index (χ1) is 14.0. The first-order valence-electron chi connectivity index (χ1n) is 9.34. The molecule has 158 valence electrons. The third-order valence-electron chi connectivity index (χ3n) is 3.86. The summed E-state index contributed by atoms with van der Waals surface area (Å²) in [5.41, 5.74) is 1.63. The summed E-state index contributed by atoms with van der Waals surface area (Å²) in [6.07, 6.45) is 1.67. The Bertz CT molecular complexity index is 1140. The van der Waals surface area contributed by atoms with Gasteiger partial charge in [-0.1, -0.05) is 6.07 Å². The van der Waals surface area contributed by atoms with Gasteiger partial charge in [-0.2, -0.15) is 10.1 Å². The van der Waals surface area contributed by atoms with Gasteiger partial charge in [0.2, 0.25) is 16.0 Å². The van der Waals surface area contributed by atoms with Crippen LogP contribution in [0, 0.1) is 13.8 Å². The zero-order valence-electron chi connectivity index (χ0n) is 17.6. The lowest BCUT2D eigenvalue weighted by Crippen LogP contribution is -2.40. The quantitative estimate of drug-likeness (QED) is 0.547. The van der Waals surface area contributed by atoms with E-state index in [0.717, 1.165) is 11.3 Å². The highest BCUT2D eigenvalue weighted by Gasteiger charge is 2.22. The molecule has 0 unspecified atom stereocenters. The Labute approximate surface area is 176 Å². The maximum Gasteiger partial charge on any atom is 0.241 e. The molecule has 30 heavy (non-hydrogen) atoms. The van der Waals surface area contributed by atoms with Gasteiger partial charge in [0, 0.05) is 23.0 Å².